The van der Waals surface area contributed by atoms with Gasteiger partial charge < -0.3 is 15.0 Å². The van der Waals surface area contributed by atoms with Gasteiger partial charge in [0.15, 0.2) is 0 Å². The average Bonchev–Trinajstić information content (AvgIpc) is 2.91. The second kappa shape index (κ2) is 5.80. The molecule has 3 heteroatoms. The molecule has 20 heavy (non-hydrogen) atoms. The Morgan fingerprint density at radius 3 is 2.60 bits per heavy atom. The monoisotopic (exact) mass is 266 g/mol. The number of aromatic amines is 1. The number of H-pyrrole nitrogens is 1. The Morgan fingerprint density at radius 2 is 1.70 bits per heavy atom. The van der Waals surface area contributed by atoms with Crippen molar-refractivity contribution in [1.29, 1.82) is 0 Å². The molecule has 102 valence electrons. The molecular formula is C17H18N2O. The average molecular weight is 266 g/mol. The first-order chi connectivity index (χ1) is 9.88. The first kappa shape index (κ1) is 12.8. The quantitative estimate of drug-likeness (QED) is 0.742. The van der Waals surface area contributed by atoms with Crippen molar-refractivity contribution in [2.45, 2.75) is 13.1 Å². The third-order valence-corrected chi connectivity index (χ3v) is 3.50. The van der Waals surface area contributed by atoms with E-state index in [-0.39, 0.29) is 0 Å². The molecule has 2 N–H and O–H groups in total. The van der Waals surface area contributed by atoms with E-state index in [1.165, 1.54) is 22.0 Å². The summed E-state index contributed by atoms with van der Waals surface area (Å²) in [6.07, 6.45) is 2.07. The van der Waals surface area contributed by atoms with Crippen molar-refractivity contribution in [3.05, 3.63) is 65.9 Å². The molecule has 3 nitrogen and oxygen atoms in total. The van der Waals surface area contributed by atoms with Crippen LogP contribution >= 0.6 is 0 Å². The van der Waals surface area contributed by atoms with Gasteiger partial charge in [-0.25, -0.2) is 0 Å². The van der Waals surface area contributed by atoms with Gasteiger partial charge in [-0.2, -0.15) is 0 Å². The number of hydrogen-bond donors (Lipinski definition) is 2. The summed E-state index contributed by atoms with van der Waals surface area (Å²) < 4.78 is 5.36. The molecule has 0 aliphatic heterocycles. The SMILES string of the molecule is COc1ccccc1CNCc1c[nH]c2ccccc12. The van der Waals surface area contributed by atoms with Crippen LogP contribution in [0.2, 0.25) is 0 Å². The number of hydrogen-bond acceptors (Lipinski definition) is 2. The van der Waals surface area contributed by atoms with Crippen LogP contribution in [0.3, 0.4) is 0 Å². The van der Waals surface area contributed by atoms with Gasteiger partial charge in [0, 0.05) is 35.8 Å². The second-order valence-corrected chi connectivity index (χ2v) is 4.77. The number of ether oxygens (including phenoxy) is 1. The molecule has 3 rings (SSSR count). The fraction of sp³-hybridized carbons (Fsp3) is 0.176. The van der Waals surface area contributed by atoms with Gasteiger partial charge >= 0.3 is 0 Å². The summed E-state index contributed by atoms with van der Waals surface area (Å²) in [5.74, 6) is 0.930. The second-order valence-electron chi connectivity index (χ2n) is 4.77. The maximum absolute atomic E-state index is 5.36. The normalized spacial score (nSPS) is 10.8. The van der Waals surface area contributed by atoms with Gasteiger partial charge in [0.05, 0.1) is 7.11 Å². The Kier molecular flexibility index (Phi) is 3.70. The molecule has 1 aromatic heterocycles. The molecule has 0 fully saturated rings. The first-order valence-corrected chi connectivity index (χ1v) is 6.76. The van der Waals surface area contributed by atoms with E-state index >= 15 is 0 Å². The molecule has 0 bridgehead atoms. The van der Waals surface area contributed by atoms with Crippen LogP contribution in [0.1, 0.15) is 11.1 Å². The largest absolute Gasteiger partial charge is 0.496 e. The van der Waals surface area contributed by atoms with Crippen LogP contribution < -0.4 is 10.1 Å². The summed E-state index contributed by atoms with van der Waals surface area (Å²) in [5.41, 5.74) is 3.65. The van der Waals surface area contributed by atoms with Crippen molar-refractivity contribution in [2.75, 3.05) is 7.11 Å². The number of rotatable bonds is 5. The van der Waals surface area contributed by atoms with E-state index in [4.69, 9.17) is 4.74 Å². The van der Waals surface area contributed by atoms with E-state index in [1.807, 2.05) is 24.3 Å². The summed E-state index contributed by atoms with van der Waals surface area (Å²) in [7, 11) is 1.71. The number of para-hydroxylation sites is 2. The van der Waals surface area contributed by atoms with Crippen molar-refractivity contribution in [3.8, 4) is 5.75 Å². The molecular weight excluding hydrogens is 248 g/mol. The fourth-order valence-corrected chi connectivity index (χ4v) is 2.46. The van der Waals surface area contributed by atoms with E-state index in [0.29, 0.717) is 0 Å². The molecule has 0 atom stereocenters. The summed E-state index contributed by atoms with van der Waals surface area (Å²) >= 11 is 0. The van der Waals surface area contributed by atoms with Crippen LogP contribution in [0.15, 0.2) is 54.7 Å². The smallest absolute Gasteiger partial charge is 0.123 e. The standard InChI is InChI=1S/C17H18N2O/c1-20-17-9-5-2-6-13(17)10-18-11-14-12-19-16-8-4-3-7-15(14)16/h2-9,12,18-19H,10-11H2,1H3. The minimum absolute atomic E-state index is 0.795. The lowest BCUT2D eigenvalue weighted by Crippen LogP contribution is -2.13. The lowest BCUT2D eigenvalue weighted by Gasteiger charge is -2.09. The topological polar surface area (TPSA) is 37.0 Å². The fourth-order valence-electron chi connectivity index (χ4n) is 2.46. The molecule has 0 unspecified atom stereocenters. The highest BCUT2D eigenvalue weighted by Gasteiger charge is 2.04. The van der Waals surface area contributed by atoms with Crippen LogP contribution in [0.25, 0.3) is 10.9 Å². The molecule has 2 aromatic carbocycles. The summed E-state index contributed by atoms with van der Waals surface area (Å²) in [6.45, 7) is 1.63. The number of benzene rings is 2. The molecule has 0 saturated carbocycles. The molecule has 0 aliphatic rings. The Bertz CT molecular complexity index is 703. The van der Waals surface area contributed by atoms with Gasteiger partial charge in [0.2, 0.25) is 0 Å². The Morgan fingerprint density at radius 1 is 0.950 bits per heavy atom. The van der Waals surface area contributed by atoms with Crippen molar-refractivity contribution < 1.29 is 4.74 Å². The predicted octanol–water partition coefficient (Wildman–Crippen LogP) is 3.47. The highest BCUT2D eigenvalue weighted by atomic mass is 16.5. The zero-order valence-electron chi connectivity index (χ0n) is 11.5. The van der Waals surface area contributed by atoms with Gasteiger partial charge in [0.25, 0.3) is 0 Å². The van der Waals surface area contributed by atoms with E-state index in [1.54, 1.807) is 7.11 Å². The first-order valence-electron chi connectivity index (χ1n) is 6.76. The summed E-state index contributed by atoms with van der Waals surface area (Å²) in [4.78, 5) is 3.29. The van der Waals surface area contributed by atoms with Crippen molar-refractivity contribution >= 4 is 10.9 Å². The van der Waals surface area contributed by atoms with Crippen LogP contribution in [0.5, 0.6) is 5.75 Å². The zero-order chi connectivity index (χ0) is 13.8. The molecule has 3 aromatic rings. The van der Waals surface area contributed by atoms with Crippen molar-refractivity contribution in [2.24, 2.45) is 0 Å². The minimum atomic E-state index is 0.795. The van der Waals surface area contributed by atoms with Gasteiger partial charge in [-0.15, -0.1) is 0 Å². The van der Waals surface area contributed by atoms with Crippen LogP contribution in [0.4, 0.5) is 0 Å². The van der Waals surface area contributed by atoms with Gasteiger partial charge in [-0.05, 0) is 17.7 Å². The summed E-state index contributed by atoms with van der Waals surface area (Å²) in [6, 6.07) is 16.5. The number of fused-ring (bicyclic) bond motifs is 1. The van der Waals surface area contributed by atoms with E-state index in [9.17, 15) is 0 Å². The third-order valence-electron chi connectivity index (χ3n) is 3.50. The molecule has 0 aliphatic carbocycles. The third kappa shape index (κ3) is 2.53. The predicted molar refractivity (Wildman–Crippen MR) is 81.8 cm³/mol. The lowest BCUT2D eigenvalue weighted by molar-refractivity contribution is 0.407. The van der Waals surface area contributed by atoms with Gasteiger partial charge in [-0.3, -0.25) is 0 Å². The Labute approximate surface area is 118 Å². The molecule has 0 amide bonds. The maximum atomic E-state index is 5.36. The van der Waals surface area contributed by atoms with Gasteiger partial charge in [0.1, 0.15) is 5.75 Å². The Balaban J connectivity index is 1.68. The highest BCUT2D eigenvalue weighted by molar-refractivity contribution is 5.82. The molecule has 0 saturated heterocycles. The number of methoxy groups -OCH3 is 1. The zero-order valence-corrected chi connectivity index (χ0v) is 11.5. The van der Waals surface area contributed by atoms with E-state index in [2.05, 4.69) is 40.8 Å². The van der Waals surface area contributed by atoms with Crippen molar-refractivity contribution in [1.82, 2.24) is 10.3 Å². The molecule has 0 spiro atoms. The lowest BCUT2D eigenvalue weighted by atomic mass is 10.1. The van der Waals surface area contributed by atoms with Crippen LogP contribution in [-0.4, -0.2) is 12.1 Å². The summed E-state index contributed by atoms with van der Waals surface area (Å²) in [5, 5.41) is 4.75. The van der Waals surface area contributed by atoms with E-state index < -0.39 is 0 Å². The Hall–Kier alpha value is -2.26. The number of aromatic nitrogens is 1. The molecule has 1 heterocycles. The minimum Gasteiger partial charge on any atom is -0.496 e. The van der Waals surface area contributed by atoms with E-state index in [0.717, 1.165) is 18.8 Å². The van der Waals surface area contributed by atoms with Gasteiger partial charge in [-0.1, -0.05) is 36.4 Å². The van der Waals surface area contributed by atoms with Crippen molar-refractivity contribution in [3.63, 3.8) is 0 Å². The maximum Gasteiger partial charge on any atom is 0.123 e. The molecule has 0 radical (unpaired) electrons. The highest BCUT2D eigenvalue weighted by Crippen LogP contribution is 2.19. The van der Waals surface area contributed by atoms with Crippen LogP contribution in [-0.2, 0) is 13.1 Å². The van der Waals surface area contributed by atoms with Crippen LogP contribution in [0, 0.1) is 0 Å². The number of nitrogens with one attached hydrogen (secondary N) is 2.